The second-order valence-corrected chi connectivity index (χ2v) is 3.25. The molecule has 0 spiro atoms. The van der Waals surface area contributed by atoms with E-state index in [0.29, 0.717) is 0 Å². The lowest BCUT2D eigenvalue weighted by Crippen LogP contribution is -0.901. The van der Waals surface area contributed by atoms with E-state index < -0.39 is 6.42 Å². The van der Waals surface area contributed by atoms with Gasteiger partial charge in [-0.3, -0.25) is 0 Å². The van der Waals surface area contributed by atoms with E-state index in [4.69, 9.17) is 27.6 Å². The van der Waals surface area contributed by atoms with Gasteiger partial charge in [-0.2, -0.15) is 0 Å². The van der Waals surface area contributed by atoms with E-state index in [1.165, 1.54) is 0 Å². The van der Waals surface area contributed by atoms with E-state index in [2.05, 4.69) is 0 Å². The summed E-state index contributed by atoms with van der Waals surface area (Å²) >= 11 is 9.54. The van der Waals surface area contributed by atoms with Crippen molar-refractivity contribution in [2.45, 2.75) is 0 Å². The average Bonchev–Trinajstić information content (AvgIpc) is 0.811. The largest absolute Gasteiger partial charge is 0.435 e. The van der Waals surface area contributed by atoms with Crippen molar-refractivity contribution >= 4 is 28.9 Å². The Labute approximate surface area is 34.8 Å². The minimum absolute atomic E-state index is 1.43. The third-order valence-electron chi connectivity index (χ3n) is 0. The molecular formula is HCl2NP+. The Morgan fingerprint density at radius 2 is 1.50 bits per heavy atom. The molecule has 0 aliphatic heterocycles. The highest BCUT2D eigenvalue weighted by Crippen LogP contribution is 2.32. The van der Waals surface area contributed by atoms with Crippen LogP contribution in [0.5, 0.6) is 0 Å². The predicted octanol–water partition coefficient (Wildman–Crippen LogP) is 2.54. The number of hydrogen-bond donors (Lipinski definition) is 1. The molecule has 1 nitrogen and oxygen atoms in total. The molecule has 0 aromatic carbocycles. The zero-order valence-corrected chi connectivity index (χ0v) is 4.11. The van der Waals surface area contributed by atoms with Gasteiger partial charge in [0.25, 0.3) is 0 Å². The summed E-state index contributed by atoms with van der Waals surface area (Å²) in [7, 11) is 0. The summed E-state index contributed by atoms with van der Waals surface area (Å²) in [6.07, 6.45) is -1.43. The van der Waals surface area contributed by atoms with Crippen molar-refractivity contribution in [3.05, 3.63) is 0 Å². The molecule has 0 saturated carbocycles. The highest BCUT2D eigenvalue weighted by Gasteiger charge is 1.88. The second kappa shape index (κ2) is 1.95. The van der Waals surface area contributed by atoms with Crippen molar-refractivity contribution in [2.75, 3.05) is 0 Å². The van der Waals surface area contributed by atoms with Gasteiger partial charge < -0.3 is 0 Å². The molecule has 0 aliphatic rings. The van der Waals surface area contributed by atoms with E-state index >= 15 is 0 Å². The van der Waals surface area contributed by atoms with Gasteiger partial charge in [0, 0.05) is 0 Å². The Bertz CT molecular complexity index is 29.0. The summed E-state index contributed by atoms with van der Waals surface area (Å²) < 4.78 is 0. The molecule has 4 heavy (non-hydrogen) atoms. The first-order chi connectivity index (χ1) is 1.73. The number of nitrogens with one attached hydrogen (secondary N) is 1. The molecule has 0 aromatic heterocycles. The highest BCUT2D eigenvalue weighted by molar-refractivity contribution is 7.95. The minimum Gasteiger partial charge on any atom is -0.0898 e. The fraction of sp³-hybridized carbons (Fsp3) is 0. The van der Waals surface area contributed by atoms with Crippen LogP contribution in [-0.4, -0.2) is 0 Å². The van der Waals surface area contributed by atoms with Crippen LogP contribution in [0.4, 0.5) is 0 Å². The van der Waals surface area contributed by atoms with Crippen LogP contribution in [0.3, 0.4) is 0 Å². The lowest BCUT2D eigenvalue weighted by Gasteiger charge is -1.30. The topological polar surface area (TPSA) is 23.9 Å². The Morgan fingerprint density at radius 3 is 1.50 bits per heavy atom. The van der Waals surface area contributed by atoms with Gasteiger partial charge in [0.05, 0.1) is 0 Å². The maximum Gasteiger partial charge on any atom is 0.435 e. The normalized spacial score (nSPS) is 6.50. The molecule has 1 N–H and O–H groups in total. The van der Waals surface area contributed by atoms with Gasteiger partial charge in [0.1, 0.15) is 0 Å². The first-order valence-corrected chi connectivity index (χ1v) is 3.71. The minimum atomic E-state index is -1.43. The second-order valence-electron chi connectivity index (χ2n) is 0.233. The Balaban J connectivity index is 2.80. The Morgan fingerprint density at radius 1 is 1.50 bits per heavy atom. The molecule has 0 rings (SSSR count). The third-order valence-corrected chi connectivity index (χ3v) is 0. The van der Waals surface area contributed by atoms with Gasteiger partial charge in [-0.1, -0.05) is 5.16 Å². The zero-order chi connectivity index (χ0) is 3.58. The van der Waals surface area contributed by atoms with Gasteiger partial charge in [0.2, 0.25) is 22.5 Å². The molecule has 0 saturated heterocycles. The smallest absolute Gasteiger partial charge is 0.0898 e. The molecule has 0 amide bonds. The number of halogens is 2. The van der Waals surface area contributed by atoms with Crippen LogP contribution in [0.25, 0.3) is 0 Å². The Kier molecular flexibility index (Phi) is 2.28. The van der Waals surface area contributed by atoms with Crippen LogP contribution in [0.15, 0.2) is 0 Å². The van der Waals surface area contributed by atoms with Crippen LogP contribution in [0.1, 0.15) is 0 Å². The predicted molar refractivity (Wildman–Crippen MR) is 21.3 cm³/mol. The molecule has 0 aromatic rings. The molecule has 0 fully saturated rings. The molecule has 0 aliphatic carbocycles. The van der Waals surface area contributed by atoms with Gasteiger partial charge in [-0.05, 0) is 0 Å². The molecule has 4 heteroatoms. The van der Waals surface area contributed by atoms with Crippen LogP contribution in [0, 0.1) is 5.16 Å². The van der Waals surface area contributed by atoms with Crippen molar-refractivity contribution in [1.82, 2.24) is 0 Å². The average molecular weight is 117 g/mol. The summed E-state index contributed by atoms with van der Waals surface area (Å²) in [5.41, 5.74) is 0. The van der Waals surface area contributed by atoms with E-state index in [1.807, 2.05) is 0 Å². The van der Waals surface area contributed by atoms with E-state index in [-0.39, 0.29) is 0 Å². The van der Waals surface area contributed by atoms with Gasteiger partial charge in [0.15, 0.2) is 0 Å². The first-order valence-electron chi connectivity index (χ1n) is 0.562. The quantitative estimate of drug-likeness (QED) is 0.471. The molecule has 0 unspecified atom stereocenters. The molecule has 0 radical (unpaired) electrons. The van der Waals surface area contributed by atoms with Crippen LogP contribution >= 0.6 is 28.9 Å². The fourth-order valence-corrected chi connectivity index (χ4v) is 0. The van der Waals surface area contributed by atoms with Crippen LogP contribution < -0.4 is 0 Å². The maximum absolute atomic E-state index is 6.18. The summed E-state index contributed by atoms with van der Waals surface area (Å²) in [4.78, 5) is 0. The molecule has 24 valence electrons. The fourth-order valence-electron chi connectivity index (χ4n) is 0. The first kappa shape index (κ1) is 4.68. The molecule has 0 atom stereocenters. The summed E-state index contributed by atoms with van der Waals surface area (Å²) in [6.45, 7) is 0. The lowest BCUT2D eigenvalue weighted by molar-refractivity contribution is 1.65. The summed E-state index contributed by atoms with van der Waals surface area (Å²) in [5.74, 6) is 0. The number of hydrogen-bond acceptors (Lipinski definition) is 1. The zero-order valence-electron chi connectivity index (χ0n) is 1.70. The van der Waals surface area contributed by atoms with Crippen molar-refractivity contribution in [2.24, 2.45) is 0 Å². The van der Waals surface area contributed by atoms with Gasteiger partial charge in [-0.25, -0.2) is 0 Å². The number of rotatable bonds is 0. The van der Waals surface area contributed by atoms with Crippen molar-refractivity contribution in [3.63, 3.8) is 0 Å². The lowest BCUT2D eigenvalue weighted by atomic mass is 14.0. The summed E-state index contributed by atoms with van der Waals surface area (Å²) in [5, 5.41) is 6.18. The van der Waals surface area contributed by atoms with Crippen LogP contribution in [-0.2, 0) is 0 Å². The van der Waals surface area contributed by atoms with Crippen molar-refractivity contribution in [1.29, 1.82) is 5.16 Å². The molecule has 0 heterocycles. The third kappa shape index (κ3) is 16.4. The summed E-state index contributed by atoms with van der Waals surface area (Å²) in [6, 6.07) is 0. The monoisotopic (exact) mass is 116 g/mol. The van der Waals surface area contributed by atoms with Gasteiger partial charge >= 0.3 is 6.42 Å². The van der Waals surface area contributed by atoms with E-state index in [9.17, 15) is 0 Å². The molecule has 0 bridgehead atoms. The SMILES string of the molecule is N=[P+](Cl)Cl. The maximum atomic E-state index is 6.18. The standard InChI is InChI=1S/Cl2HNP/c1-4(2)3/h3H/q+1. The van der Waals surface area contributed by atoms with Crippen molar-refractivity contribution in [3.8, 4) is 0 Å². The Hall–Kier alpha value is 0.680. The molecular weight excluding hydrogens is 116 g/mol. The van der Waals surface area contributed by atoms with Gasteiger partial charge in [-0.15, -0.1) is 0 Å². The highest BCUT2D eigenvalue weighted by atomic mass is 35.9. The van der Waals surface area contributed by atoms with Crippen molar-refractivity contribution < 1.29 is 0 Å². The van der Waals surface area contributed by atoms with Crippen LogP contribution in [0.2, 0.25) is 0 Å². The van der Waals surface area contributed by atoms with E-state index in [1.54, 1.807) is 0 Å². The van der Waals surface area contributed by atoms with E-state index in [0.717, 1.165) is 0 Å².